The van der Waals surface area contributed by atoms with Crippen LogP contribution in [0, 0.1) is 5.82 Å². The third-order valence-corrected chi connectivity index (χ3v) is 3.61. The molecule has 1 aliphatic heterocycles. The number of nitrogens with one attached hydrogen (secondary N) is 1. The molecule has 100 valence electrons. The highest BCUT2D eigenvalue weighted by molar-refractivity contribution is 6.30. The number of rotatable bonds is 4. The molecule has 2 rings (SSSR count). The summed E-state index contributed by atoms with van der Waals surface area (Å²) < 4.78 is 13.4. The Morgan fingerprint density at radius 2 is 2.33 bits per heavy atom. The topological polar surface area (TPSA) is 35.5 Å². The van der Waals surface area contributed by atoms with Crippen molar-refractivity contribution in [3.8, 4) is 0 Å². The first-order valence-electron chi connectivity index (χ1n) is 6.20. The summed E-state index contributed by atoms with van der Waals surface area (Å²) >= 11 is 5.67. The smallest absolute Gasteiger partial charge is 0.142 e. The van der Waals surface area contributed by atoms with Crippen LogP contribution in [-0.4, -0.2) is 42.3 Å². The summed E-state index contributed by atoms with van der Waals surface area (Å²) in [5.41, 5.74) is 0.918. The first kappa shape index (κ1) is 13.7. The molecule has 0 spiro atoms. The lowest BCUT2D eigenvalue weighted by atomic mass is 10.1. The molecular formula is C13H18ClFN2O. The van der Waals surface area contributed by atoms with E-state index in [1.54, 1.807) is 6.07 Å². The zero-order valence-corrected chi connectivity index (χ0v) is 11.0. The molecule has 0 unspecified atom stereocenters. The molecule has 1 fully saturated rings. The fourth-order valence-electron chi connectivity index (χ4n) is 2.32. The van der Waals surface area contributed by atoms with Gasteiger partial charge in [0.2, 0.25) is 0 Å². The lowest BCUT2D eigenvalue weighted by Gasteiger charge is -2.36. The highest BCUT2D eigenvalue weighted by Gasteiger charge is 2.21. The highest BCUT2D eigenvalue weighted by Crippen LogP contribution is 2.18. The largest absolute Gasteiger partial charge is 0.396 e. The number of hydrogen-bond acceptors (Lipinski definition) is 3. The quantitative estimate of drug-likeness (QED) is 0.875. The third-order valence-electron chi connectivity index (χ3n) is 3.30. The molecule has 3 nitrogen and oxygen atoms in total. The van der Waals surface area contributed by atoms with E-state index >= 15 is 0 Å². The van der Waals surface area contributed by atoms with Crippen LogP contribution in [0.15, 0.2) is 18.2 Å². The monoisotopic (exact) mass is 272 g/mol. The lowest BCUT2D eigenvalue weighted by Crippen LogP contribution is -2.51. The maximum atomic E-state index is 13.4. The van der Waals surface area contributed by atoms with Crippen LogP contribution in [0.2, 0.25) is 5.02 Å². The summed E-state index contributed by atoms with van der Waals surface area (Å²) in [5.74, 6) is -0.372. The fourth-order valence-corrected chi connectivity index (χ4v) is 2.43. The Hall–Kier alpha value is -0.680. The third kappa shape index (κ3) is 3.42. The zero-order valence-electron chi connectivity index (χ0n) is 10.2. The average molecular weight is 273 g/mol. The molecule has 0 saturated carbocycles. The Morgan fingerprint density at radius 1 is 1.50 bits per heavy atom. The molecule has 1 heterocycles. The molecule has 18 heavy (non-hydrogen) atoms. The molecule has 0 aliphatic carbocycles. The number of benzene rings is 1. The van der Waals surface area contributed by atoms with E-state index in [0.29, 0.717) is 12.6 Å². The summed E-state index contributed by atoms with van der Waals surface area (Å²) in [6, 6.07) is 5.24. The van der Waals surface area contributed by atoms with E-state index in [4.69, 9.17) is 16.7 Å². The number of piperazine rings is 1. The van der Waals surface area contributed by atoms with Crippen LogP contribution in [0.3, 0.4) is 0 Å². The van der Waals surface area contributed by atoms with Gasteiger partial charge < -0.3 is 10.4 Å². The first-order valence-corrected chi connectivity index (χ1v) is 6.58. The molecule has 0 radical (unpaired) electrons. The fraction of sp³-hybridized carbons (Fsp3) is 0.538. The van der Waals surface area contributed by atoms with Gasteiger partial charge in [-0.2, -0.15) is 0 Å². The summed E-state index contributed by atoms with van der Waals surface area (Å²) in [5, 5.41) is 12.5. The molecule has 1 atom stereocenters. The van der Waals surface area contributed by atoms with Crippen molar-refractivity contribution in [3.05, 3.63) is 34.6 Å². The standard InChI is InChI=1S/C13H18ClFN2O/c14-12-2-1-10(7-13(12)15)9-17-5-4-16-8-11(17)3-6-18/h1-2,7,11,16,18H,3-6,8-9H2/t11-/m1/s1. The Bertz CT molecular complexity index is 401. The lowest BCUT2D eigenvalue weighted by molar-refractivity contribution is 0.123. The van der Waals surface area contributed by atoms with Gasteiger partial charge in [-0.25, -0.2) is 4.39 Å². The van der Waals surface area contributed by atoms with Gasteiger partial charge in [-0.1, -0.05) is 17.7 Å². The molecular weight excluding hydrogens is 255 g/mol. The number of halogens is 2. The van der Waals surface area contributed by atoms with Gasteiger partial charge in [0, 0.05) is 38.8 Å². The number of aliphatic hydroxyl groups is 1. The molecule has 1 aromatic rings. The van der Waals surface area contributed by atoms with E-state index in [-0.39, 0.29) is 17.4 Å². The van der Waals surface area contributed by atoms with Crippen molar-refractivity contribution in [2.24, 2.45) is 0 Å². The summed E-state index contributed by atoms with van der Waals surface area (Å²) in [4.78, 5) is 2.27. The van der Waals surface area contributed by atoms with Crippen LogP contribution in [0.5, 0.6) is 0 Å². The number of aliphatic hydroxyl groups excluding tert-OH is 1. The second-order valence-electron chi connectivity index (χ2n) is 4.59. The maximum absolute atomic E-state index is 13.4. The van der Waals surface area contributed by atoms with Crippen LogP contribution < -0.4 is 5.32 Å². The van der Waals surface area contributed by atoms with Crippen LogP contribution in [0.1, 0.15) is 12.0 Å². The van der Waals surface area contributed by atoms with Crippen LogP contribution in [0.4, 0.5) is 4.39 Å². The van der Waals surface area contributed by atoms with Gasteiger partial charge in [-0.05, 0) is 24.1 Å². The van der Waals surface area contributed by atoms with Crippen molar-refractivity contribution in [2.45, 2.75) is 19.0 Å². The Labute approximate surface area is 112 Å². The minimum atomic E-state index is -0.372. The number of nitrogens with zero attached hydrogens (tertiary/aromatic N) is 1. The van der Waals surface area contributed by atoms with Crippen LogP contribution in [-0.2, 0) is 6.54 Å². The van der Waals surface area contributed by atoms with E-state index in [9.17, 15) is 4.39 Å². The zero-order chi connectivity index (χ0) is 13.0. The predicted molar refractivity (Wildman–Crippen MR) is 70.2 cm³/mol. The van der Waals surface area contributed by atoms with Crippen molar-refractivity contribution in [1.82, 2.24) is 10.2 Å². The Morgan fingerprint density at radius 3 is 3.06 bits per heavy atom. The summed E-state index contributed by atoms with van der Waals surface area (Å²) in [7, 11) is 0. The van der Waals surface area contributed by atoms with Gasteiger partial charge in [0.1, 0.15) is 5.82 Å². The SMILES string of the molecule is OCC[C@@H]1CNCCN1Cc1ccc(Cl)c(F)c1. The highest BCUT2D eigenvalue weighted by atomic mass is 35.5. The van der Waals surface area contributed by atoms with Crippen molar-refractivity contribution in [2.75, 3.05) is 26.2 Å². The minimum Gasteiger partial charge on any atom is -0.396 e. The molecule has 0 amide bonds. The molecule has 1 aliphatic rings. The minimum absolute atomic E-state index is 0.158. The molecule has 1 aromatic carbocycles. The van der Waals surface area contributed by atoms with Crippen molar-refractivity contribution < 1.29 is 9.50 Å². The van der Waals surface area contributed by atoms with E-state index in [1.807, 2.05) is 6.07 Å². The maximum Gasteiger partial charge on any atom is 0.142 e. The van der Waals surface area contributed by atoms with E-state index in [0.717, 1.165) is 31.6 Å². The number of hydrogen-bond donors (Lipinski definition) is 2. The van der Waals surface area contributed by atoms with Gasteiger partial charge in [-0.3, -0.25) is 4.90 Å². The van der Waals surface area contributed by atoms with Gasteiger partial charge in [0.25, 0.3) is 0 Å². The van der Waals surface area contributed by atoms with E-state index in [2.05, 4.69) is 10.2 Å². The Balaban J connectivity index is 2.03. The average Bonchev–Trinajstić information content (AvgIpc) is 2.37. The van der Waals surface area contributed by atoms with E-state index < -0.39 is 0 Å². The first-order chi connectivity index (χ1) is 8.70. The summed E-state index contributed by atoms with van der Waals surface area (Å²) in [6.45, 7) is 3.59. The molecule has 0 aromatic heterocycles. The van der Waals surface area contributed by atoms with Gasteiger partial charge in [-0.15, -0.1) is 0 Å². The second-order valence-corrected chi connectivity index (χ2v) is 5.00. The van der Waals surface area contributed by atoms with Gasteiger partial charge in [0.15, 0.2) is 0 Å². The van der Waals surface area contributed by atoms with Gasteiger partial charge >= 0.3 is 0 Å². The normalized spacial score (nSPS) is 21.2. The van der Waals surface area contributed by atoms with Crippen LogP contribution in [0.25, 0.3) is 0 Å². The van der Waals surface area contributed by atoms with Crippen molar-refractivity contribution in [3.63, 3.8) is 0 Å². The Kier molecular flexibility index (Phi) is 4.95. The molecule has 0 bridgehead atoms. The predicted octanol–water partition coefficient (Wildman–Crippen LogP) is 1.64. The van der Waals surface area contributed by atoms with Crippen molar-refractivity contribution >= 4 is 11.6 Å². The summed E-state index contributed by atoms with van der Waals surface area (Å²) in [6.07, 6.45) is 0.739. The molecule has 5 heteroatoms. The second kappa shape index (κ2) is 6.48. The molecule has 2 N–H and O–H groups in total. The van der Waals surface area contributed by atoms with Gasteiger partial charge in [0.05, 0.1) is 5.02 Å². The van der Waals surface area contributed by atoms with Crippen molar-refractivity contribution in [1.29, 1.82) is 0 Å². The van der Waals surface area contributed by atoms with Crippen LogP contribution >= 0.6 is 11.6 Å². The molecule has 1 saturated heterocycles. The van der Waals surface area contributed by atoms with E-state index in [1.165, 1.54) is 6.07 Å².